The standard InChI is InChI=1S/C4H2F4/c5-1-2-3(6)4(2,7)8/h1H2. The maximum Gasteiger partial charge on any atom is 0.325 e. The molecule has 0 N–H and O–H groups in total. The fourth-order valence-electron chi connectivity index (χ4n) is 0.394. The fraction of sp³-hybridized carbons (Fsp3) is 0.500. The summed E-state index contributed by atoms with van der Waals surface area (Å²) in [4.78, 5) is 0. The van der Waals surface area contributed by atoms with Gasteiger partial charge in [0.25, 0.3) is 0 Å². The molecule has 1 aliphatic carbocycles. The van der Waals surface area contributed by atoms with E-state index in [1.807, 2.05) is 0 Å². The zero-order chi connectivity index (χ0) is 6.36. The van der Waals surface area contributed by atoms with Crippen LogP contribution in [0.15, 0.2) is 11.4 Å². The predicted molar refractivity (Wildman–Crippen MR) is 19.1 cm³/mol. The van der Waals surface area contributed by atoms with Gasteiger partial charge >= 0.3 is 5.92 Å². The van der Waals surface area contributed by atoms with E-state index in [2.05, 4.69) is 0 Å². The van der Waals surface area contributed by atoms with Gasteiger partial charge in [0, 0.05) is 0 Å². The molecule has 0 aromatic heterocycles. The SMILES string of the molecule is FCC1=C(F)C1(F)F. The van der Waals surface area contributed by atoms with Crippen LogP contribution in [0.3, 0.4) is 0 Å². The van der Waals surface area contributed by atoms with Crippen LogP contribution in [0.2, 0.25) is 0 Å². The van der Waals surface area contributed by atoms with Crippen LogP contribution in [-0.4, -0.2) is 12.6 Å². The first kappa shape index (κ1) is 5.59. The molecule has 1 rings (SSSR count). The van der Waals surface area contributed by atoms with E-state index in [1.54, 1.807) is 0 Å². The van der Waals surface area contributed by atoms with Gasteiger partial charge in [0.15, 0.2) is 5.83 Å². The van der Waals surface area contributed by atoms with Gasteiger partial charge in [-0.15, -0.1) is 0 Å². The summed E-state index contributed by atoms with van der Waals surface area (Å²) in [7, 11) is 0. The van der Waals surface area contributed by atoms with Gasteiger partial charge in [-0.3, -0.25) is 0 Å². The number of rotatable bonds is 1. The molecule has 0 saturated carbocycles. The third-order valence-corrected chi connectivity index (χ3v) is 0.991. The molecule has 0 saturated heterocycles. The fourth-order valence-corrected chi connectivity index (χ4v) is 0.394. The summed E-state index contributed by atoms with van der Waals surface area (Å²) in [6.45, 7) is -1.38. The molecule has 0 unspecified atom stereocenters. The minimum absolute atomic E-state index is 1.00. The van der Waals surface area contributed by atoms with Gasteiger partial charge in [-0.2, -0.15) is 8.78 Å². The van der Waals surface area contributed by atoms with Crippen molar-refractivity contribution in [3.8, 4) is 0 Å². The first-order valence-electron chi connectivity index (χ1n) is 1.94. The Labute approximate surface area is 42.8 Å². The second-order valence-electron chi connectivity index (χ2n) is 1.50. The van der Waals surface area contributed by atoms with Crippen molar-refractivity contribution < 1.29 is 17.6 Å². The Balaban J connectivity index is 2.61. The Morgan fingerprint density at radius 1 is 1.38 bits per heavy atom. The van der Waals surface area contributed by atoms with E-state index in [0.29, 0.717) is 0 Å². The summed E-state index contributed by atoms with van der Waals surface area (Å²) in [5, 5.41) is 0. The van der Waals surface area contributed by atoms with Crippen LogP contribution >= 0.6 is 0 Å². The van der Waals surface area contributed by atoms with E-state index in [0.717, 1.165) is 0 Å². The average Bonchev–Trinajstić information content (AvgIpc) is 2.09. The molecule has 0 radical (unpaired) electrons. The van der Waals surface area contributed by atoms with Gasteiger partial charge in [0.05, 0.1) is 5.57 Å². The Hall–Kier alpha value is -0.540. The predicted octanol–water partition coefficient (Wildman–Crippen LogP) is 1.83. The Kier molecular flexibility index (Phi) is 0.867. The van der Waals surface area contributed by atoms with Crippen LogP contribution in [0.25, 0.3) is 0 Å². The van der Waals surface area contributed by atoms with E-state index in [1.165, 1.54) is 0 Å². The number of allylic oxidation sites excluding steroid dienone is 2. The van der Waals surface area contributed by atoms with Crippen LogP contribution in [0.1, 0.15) is 0 Å². The van der Waals surface area contributed by atoms with Gasteiger partial charge in [0.1, 0.15) is 6.67 Å². The lowest BCUT2D eigenvalue weighted by Crippen LogP contribution is -1.96. The highest BCUT2D eigenvalue weighted by Crippen LogP contribution is 2.49. The van der Waals surface area contributed by atoms with Crippen LogP contribution < -0.4 is 0 Å². The van der Waals surface area contributed by atoms with Gasteiger partial charge in [-0.05, 0) is 0 Å². The number of alkyl halides is 3. The Morgan fingerprint density at radius 3 is 1.75 bits per heavy atom. The van der Waals surface area contributed by atoms with Crippen molar-refractivity contribution in [3.05, 3.63) is 11.4 Å². The second kappa shape index (κ2) is 1.24. The molecular weight excluding hydrogens is 124 g/mol. The molecule has 0 aliphatic heterocycles. The van der Waals surface area contributed by atoms with Crippen LogP contribution in [0.5, 0.6) is 0 Å². The normalized spacial score (nSPS) is 24.0. The summed E-state index contributed by atoms with van der Waals surface area (Å²) >= 11 is 0. The first-order valence-corrected chi connectivity index (χ1v) is 1.94. The maximum atomic E-state index is 11.5. The number of halogens is 4. The Morgan fingerprint density at radius 2 is 1.75 bits per heavy atom. The van der Waals surface area contributed by atoms with Crippen molar-refractivity contribution in [1.82, 2.24) is 0 Å². The zero-order valence-corrected chi connectivity index (χ0v) is 3.72. The molecule has 0 aromatic rings. The molecule has 0 heterocycles. The van der Waals surface area contributed by atoms with Crippen molar-refractivity contribution in [2.24, 2.45) is 0 Å². The minimum atomic E-state index is -3.53. The third kappa shape index (κ3) is 0.454. The summed E-state index contributed by atoms with van der Waals surface area (Å²) in [6, 6.07) is 0. The molecule has 0 aromatic carbocycles. The van der Waals surface area contributed by atoms with Crippen molar-refractivity contribution >= 4 is 0 Å². The van der Waals surface area contributed by atoms with Crippen molar-refractivity contribution in [3.63, 3.8) is 0 Å². The molecule has 46 valence electrons. The molecular formula is C4H2F4. The smallest absolute Gasteiger partial charge is 0.246 e. The average molecular weight is 126 g/mol. The summed E-state index contributed by atoms with van der Waals surface area (Å²) < 4.78 is 45.6. The first-order chi connectivity index (χ1) is 3.60. The molecule has 0 nitrogen and oxygen atoms in total. The van der Waals surface area contributed by atoms with Crippen LogP contribution in [0, 0.1) is 0 Å². The zero-order valence-electron chi connectivity index (χ0n) is 3.72. The van der Waals surface area contributed by atoms with Gasteiger partial charge in [-0.25, -0.2) is 8.78 Å². The highest BCUT2D eigenvalue weighted by Gasteiger charge is 2.57. The summed E-state index contributed by atoms with van der Waals surface area (Å²) in [6.07, 6.45) is 0. The molecule has 0 bridgehead atoms. The van der Waals surface area contributed by atoms with Crippen LogP contribution in [0.4, 0.5) is 17.6 Å². The van der Waals surface area contributed by atoms with E-state index in [9.17, 15) is 17.6 Å². The molecule has 0 spiro atoms. The van der Waals surface area contributed by atoms with Gasteiger partial charge in [-0.1, -0.05) is 0 Å². The lowest BCUT2D eigenvalue weighted by molar-refractivity contribution is 0.113. The summed E-state index contributed by atoms with van der Waals surface area (Å²) in [5.41, 5.74) is -1.00. The number of hydrogen-bond donors (Lipinski definition) is 0. The lowest BCUT2D eigenvalue weighted by atomic mass is 10.5. The van der Waals surface area contributed by atoms with Crippen molar-refractivity contribution in [1.29, 1.82) is 0 Å². The van der Waals surface area contributed by atoms with Crippen molar-refractivity contribution in [2.45, 2.75) is 5.92 Å². The topological polar surface area (TPSA) is 0 Å². The largest absolute Gasteiger partial charge is 0.325 e. The van der Waals surface area contributed by atoms with Crippen LogP contribution in [-0.2, 0) is 0 Å². The monoisotopic (exact) mass is 126 g/mol. The van der Waals surface area contributed by atoms with E-state index in [4.69, 9.17) is 0 Å². The minimum Gasteiger partial charge on any atom is -0.246 e. The van der Waals surface area contributed by atoms with E-state index >= 15 is 0 Å². The lowest BCUT2D eigenvalue weighted by Gasteiger charge is -1.86. The number of hydrogen-bond acceptors (Lipinski definition) is 0. The molecule has 1 aliphatic rings. The third-order valence-electron chi connectivity index (χ3n) is 0.991. The van der Waals surface area contributed by atoms with Gasteiger partial charge < -0.3 is 0 Å². The van der Waals surface area contributed by atoms with Gasteiger partial charge in [0.2, 0.25) is 0 Å². The molecule has 0 amide bonds. The molecule has 0 fully saturated rings. The quantitative estimate of drug-likeness (QED) is 0.470. The molecule has 4 heteroatoms. The highest BCUT2D eigenvalue weighted by molar-refractivity contribution is 5.44. The Bertz CT molecular complexity index is 146. The maximum absolute atomic E-state index is 11.5. The second-order valence-corrected chi connectivity index (χ2v) is 1.50. The highest BCUT2D eigenvalue weighted by atomic mass is 19.3. The summed E-state index contributed by atoms with van der Waals surface area (Å²) in [5.74, 6) is -5.13. The molecule has 0 atom stereocenters. The van der Waals surface area contributed by atoms with E-state index in [-0.39, 0.29) is 0 Å². The molecule has 8 heavy (non-hydrogen) atoms. The van der Waals surface area contributed by atoms with E-state index < -0.39 is 24.0 Å². The van der Waals surface area contributed by atoms with Crippen molar-refractivity contribution in [2.75, 3.05) is 6.67 Å².